The zero-order chi connectivity index (χ0) is 23.0. The molecule has 3 aromatic carbocycles. The second kappa shape index (κ2) is 10.4. The average molecular weight is 451 g/mol. The highest BCUT2D eigenvalue weighted by molar-refractivity contribution is 5.94. The third-order valence-corrected chi connectivity index (χ3v) is 4.74. The number of benzene rings is 3. The molecule has 3 N–H and O–H groups in total. The zero-order valence-corrected chi connectivity index (χ0v) is 17.6. The Morgan fingerprint density at radius 3 is 2.58 bits per heavy atom. The molecule has 3 amide bonds. The number of rotatable bonds is 8. The summed E-state index contributed by atoms with van der Waals surface area (Å²) in [6.07, 6.45) is 0. The quantitative estimate of drug-likeness (QED) is 0.487. The van der Waals surface area contributed by atoms with E-state index >= 15 is 0 Å². The number of ether oxygens (including phenoxy) is 3. The largest absolute Gasteiger partial charge is 0.489 e. The molecule has 33 heavy (non-hydrogen) atoms. The monoisotopic (exact) mass is 451 g/mol. The van der Waals surface area contributed by atoms with E-state index in [1.165, 1.54) is 12.1 Å². The highest BCUT2D eigenvalue weighted by atomic mass is 19.1. The predicted octanol–water partition coefficient (Wildman–Crippen LogP) is 3.57. The van der Waals surface area contributed by atoms with Gasteiger partial charge in [-0.2, -0.15) is 0 Å². The van der Waals surface area contributed by atoms with E-state index < -0.39 is 6.03 Å². The minimum absolute atomic E-state index is 0.200. The Morgan fingerprint density at radius 1 is 0.909 bits per heavy atom. The number of hydrogen-bond acceptors (Lipinski definition) is 5. The number of hydrogen-bond donors (Lipinski definition) is 3. The normalized spacial score (nSPS) is 11.5. The summed E-state index contributed by atoms with van der Waals surface area (Å²) in [4.78, 5) is 24.1. The van der Waals surface area contributed by atoms with Crippen molar-refractivity contribution in [3.8, 4) is 17.2 Å². The number of nitrogens with one attached hydrogen (secondary N) is 3. The first kappa shape index (κ1) is 21.9. The molecule has 0 radical (unpaired) electrons. The number of amides is 3. The minimum Gasteiger partial charge on any atom is -0.489 e. The summed E-state index contributed by atoms with van der Waals surface area (Å²) in [5.41, 5.74) is 2.19. The summed E-state index contributed by atoms with van der Waals surface area (Å²) in [7, 11) is 0. The molecule has 0 aliphatic carbocycles. The summed E-state index contributed by atoms with van der Waals surface area (Å²) in [6, 6.07) is 17.9. The molecule has 1 aliphatic rings. The third kappa shape index (κ3) is 6.36. The Morgan fingerprint density at radius 2 is 1.73 bits per heavy atom. The maximum Gasteiger partial charge on any atom is 0.315 e. The molecule has 4 rings (SSSR count). The Bertz CT molecular complexity index is 1140. The predicted molar refractivity (Wildman–Crippen MR) is 119 cm³/mol. The van der Waals surface area contributed by atoms with Gasteiger partial charge in [0.05, 0.1) is 6.54 Å². The van der Waals surface area contributed by atoms with Gasteiger partial charge in [-0.05, 0) is 47.5 Å². The van der Waals surface area contributed by atoms with Crippen molar-refractivity contribution >= 4 is 17.6 Å². The summed E-state index contributed by atoms with van der Waals surface area (Å²) < 4.78 is 29.3. The molecule has 0 atom stereocenters. The van der Waals surface area contributed by atoms with Crippen LogP contribution in [0.1, 0.15) is 11.1 Å². The van der Waals surface area contributed by atoms with Crippen molar-refractivity contribution < 1.29 is 28.2 Å². The molecule has 0 saturated carbocycles. The lowest BCUT2D eigenvalue weighted by Gasteiger charge is -2.11. The van der Waals surface area contributed by atoms with Crippen LogP contribution >= 0.6 is 0 Å². The third-order valence-electron chi connectivity index (χ3n) is 4.74. The van der Waals surface area contributed by atoms with Crippen LogP contribution in [0.4, 0.5) is 14.9 Å². The van der Waals surface area contributed by atoms with Crippen molar-refractivity contribution in [1.29, 1.82) is 0 Å². The van der Waals surface area contributed by atoms with Gasteiger partial charge < -0.3 is 30.2 Å². The summed E-state index contributed by atoms with van der Waals surface area (Å²) in [5.74, 6) is 1.25. The smallest absolute Gasteiger partial charge is 0.315 e. The Kier molecular flexibility index (Phi) is 6.89. The van der Waals surface area contributed by atoms with Gasteiger partial charge in [-0.3, -0.25) is 4.79 Å². The number of carbonyl (C=O) groups is 2. The fourth-order valence-electron chi connectivity index (χ4n) is 3.09. The zero-order valence-electron chi connectivity index (χ0n) is 17.6. The lowest BCUT2D eigenvalue weighted by molar-refractivity contribution is -0.115. The number of fused-ring (bicyclic) bond motifs is 1. The molecule has 170 valence electrons. The molecule has 3 aromatic rings. The molecule has 0 saturated heterocycles. The van der Waals surface area contributed by atoms with Gasteiger partial charge in [0, 0.05) is 18.3 Å². The lowest BCUT2D eigenvalue weighted by Crippen LogP contribution is -2.39. The summed E-state index contributed by atoms with van der Waals surface area (Å²) in [5, 5.41) is 7.83. The van der Waals surface area contributed by atoms with E-state index in [4.69, 9.17) is 14.2 Å². The first-order valence-corrected chi connectivity index (χ1v) is 10.2. The first-order valence-electron chi connectivity index (χ1n) is 10.2. The fraction of sp³-hybridized carbons (Fsp3) is 0.167. The van der Waals surface area contributed by atoms with Crippen molar-refractivity contribution in [2.75, 3.05) is 18.7 Å². The Hall–Kier alpha value is -4.27. The van der Waals surface area contributed by atoms with Gasteiger partial charge in [0.1, 0.15) is 18.2 Å². The van der Waals surface area contributed by atoms with Crippen molar-refractivity contribution in [3.05, 3.63) is 83.7 Å². The van der Waals surface area contributed by atoms with Gasteiger partial charge >= 0.3 is 6.03 Å². The molecule has 1 aliphatic heterocycles. The van der Waals surface area contributed by atoms with E-state index in [-0.39, 0.29) is 31.6 Å². The molecule has 0 fully saturated rings. The second-order valence-corrected chi connectivity index (χ2v) is 7.21. The second-order valence-electron chi connectivity index (χ2n) is 7.21. The van der Waals surface area contributed by atoms with Crippen molar-refractivity contribution in [2.24, 2.45) is 0 Å². The van der Waals surface area contributed by atoms with Crippen molar-refractivity contribution in [2.45, 2.75) is 13.2 Å². The van der Waals surface area contributed by atoms with Crippen LogP contribution in [0.15, 0.2) is 66.7 Å². The Labute approximate surface area is 189 Å². The van der Waals surface area contributed by atoms with Crippen LogP contribution in [0.25, 0.3) is 0 Å². The number of urea groups is 1. The average Bonchev–Trinajstić information content (AvgIpc) is 3.29. The van der Waals surface area contributed by atoms with Gasteiger partial charge in [-0.15, -0.1) is 0 Å². The first-order chi connectivity index (χ1) is 16.0. The molecular weight excluding hydrogens is 429 g/mol. The molecule has 0 unspecified atom stereocenters. The molecule has 0 aromatic heterocycles. The minimum atomic E-state index is -0.500. The van der Waals surface area contributed by atoms with Crippen LogP contribution in [-0.4, -0.2) is 25.3 Å². The van der Waals surface area contributed by atoms with E-state index in [1.54, 1.807) is 48.5 Å². The van der Waals surface area contributed by atoms with Crippen LogP contribution in [0, 0.1) is 5.82 Å². The highest BCUT2D eigenvalue weighted by Gasteiger charge is 2.14. The molecule has 9 heteroatoms. The van der Waals surface area contributed by atoms with Crippen LogP contribution in [0.2, 0.25) is 0 Å². The van der Waals surface area contributed by atoms with E-state index in [1.807, 2.05) is 6.07 Å². The van der Waals surface area contributed by atoms with Crippen LogP contribution in [0.5, 0.6) is 17.2 Å². The van der Waals surface area contributed by atoms with E-state index in [9.17, 15) is 14.0 Å². The van der Waals surface area contributed by atoms with Crippen molar-refractivity contribution in [3.63, 3.8) is 0 Å². The van der Waals surface area contributed by atoms with Gasteiger partial charge in [0.2, 0.25) is 12.7 Å². The SMILES string of the molecule is O=C(CNC(=O)NCc1ccc(F)cc1)Nc1cccc(COc2ccc3c(c2)OCO3)c1. The van der Waals surface area contributed by atoms with E-state index in [0.717, 1.165) is 11.1 Å². The van der Waals surface area contributed by atoms with Crippen LogP contribution in [-0.2, 0) is 17.9 Å². The van der Waals surface area contributed by atoms with E-state index in [2.05, 4.69) is 16.0 Å². The van der Waals surface area contributed by atoms with Crippen LogP contribution < -0.4 is 30.2 Å². The number of carbonyl (C=O) groups excluding carboxylic acids is 2. The summed E-state index contributed by atoms with van der Waals surface area (Å²) >= 11 is 0. The highest BCUT2D eigenvalue weighted by Crippen LogP contribution is 2.35. The van der Waals surface area contributed by atoms with Gasteiger partial charge in [0.15, 0.2) is 11.5 Å². The standard InChI is InChI=1S/C24H22FN3O5/c25-18-6-4-16(5-7-18)12-26-24(30)27-13-23(29)28-19-3-1-2-17(10-19)14-31-20-8-9-21-22(11-20)33-15-32-21/h1-11H,12-15H2,(H,28,29)(H2,26,27,30). The van der Waals surface area contributed by atoms with Gasteiger partial charge in [0.25, 0.3) is 0 Å². The Balaban J connectivity index is 1.21. The van der Waals surface area contributed by atoms with Gasteiger partial charge in [-0.25, -0.2) is 9.18 Å². The molecule has 1 heterocycles. The molecule has 0 bridgehead atoms. The lowest BCUT2D eigenvalue weighted by atomic mass is 10.2. The van der Waals surface area contributed by atoms with Gasteiger partial charge in [-0.1, -0.05) is 24.3 Å². The fourth-order valence-corrected chi connectivity index (χ4v) is 3.09. The van der Waals surface area contributed by atoms with Crippen LogP contribution in [0.3, 0.4) is 0 Å². The summed E-state index contributed by atoms with van der Waals surface area (Å²) in [6.45, 7) is 0.519. The maximum atomic E-state index is 12.9. The molecule has 8 nitrogen and oxygen atoms in total. The molecular formula is C24H22FN3O5. The number of halogens is 1. The maximum absolute atomic E-state index is 12.9. The number of anilines is 1. The topological polar surface area (TPSA) is 97.9 Å². The van der Waals surface area contributed by atoms with E-state index in [0.29, 0.717) is 29.5 Å². The molecule has 0 spiro atoms. The van der Waals surface area contributed by atoms with Crippen molar-refractivity contribution in [1.82, 2.24) is 10.6 Å².